The summed E-state index contributed by atoms with van der Waals surface area (Å²) in [6.45, 7) is 5.50. The number of carbonyl (C=O) groups excluding carboxylic acids is 1. The van der Waals surface area contributed by atoms with Crippen LogP contribution in [0.5, 0.6) is 0 Å². The van der Waals surface area contributed by atoms with Crippen LogP contribution in [0.2, 0.25) is 5.02 Å². The summed E-state index contributed by atoms with van der Waals surface area (Å²) in [4.78, 5) is 12.4. The number of carbonyl (C=O) groups is 1. The molecule has 5 heteroatoms. The molecule has 2 unspecified atom stereocenters. The average molecular weight is 297 g/mol. The maximum absolute atomic E-state index is 12.4. The molecule has 1 saturated heterocycles. The van der Waals surface area contributed by atoms with Crippen molar-refractivity contribution in [1.82, 2.24) is 5.32 Å². The Hall–Kier alpha value is -1.26. The van der Waals surface area contributed by atoms with Crippen LogP contribution in [0.3, 0.4) is 0 Å². The molecule has 0 aromatic heterocycles. The summed E-state index contributed by atoms with van der Waals surface area (Å²) < 4.78 is 5.60. The van der Waals surface area contributed by atoms with Gasteiger partial charge in [-0.3, -0.25) is 4.79 Å². The summed E-state index contributed by atoms with van der Waals surface area (Å²) in [6, 6.07) is 5.30. The van der Waals surface area contributed by atoms with E-state index in [9.17, 15) is 4.79 Å². The lowest BCUT2D eigenvalue weighted by atomic mass is 10.1. The lowest BCUT2D eigenvalue weighted by Crippen LogP contribution is -2.41. The lowest BCUT2D eigenvalue weighted by molar-refractivity contribution is 0.0713. The normalized spacial score (nSPS) is 19.6. The summed E-state index contributed by atoms with van der Waals surface area (Å²) in [7, 11) is 0. The van der Waals surface area contributed by atoms with Crippen molar-refractivity contribution in [2.24, 2.45) is 0 Å². The minimum atomic E-state index is -0.119. The van der Waals surface area contributed by atoms with E-state index in [1.54, 1.807) is 12.1 Å². The number of hydrogen-bond donors (Lipinski definition) is 2. The number of ether oxygens (including phenoxy) is 1. The molecule has 2 N–H and O–H groups in total. The summed E-state index contributed by atoms with van der Waals surface area (Å²) in [5.74, 6) is -0.119. The first-order valence-electron chi connectivity index (χ1n) is 7.07. The zero-order valence-corrected chi connectivity index (χ0v) is 12.7. The van der Waals surface area contributed by atoms with Crippen molar-refractivity contribution in [3.05, 3.63) is 28.8 Å². The smallest absolute Gasteiger partial charge is 0.253 e. The minimum Gasteiger partial charge on any atom is -0.385 e. The van der Waals surface area contributed by atoms with Gasteiger partial charge >= 0.3 is 0 Å². The van der Waals surface area contributed by atoms with Gasteiger partial charge in [-0.15, -0.1) is 0 Å². The van der Waals surface area contributed by atoms with Crippen LogP contribution < -0.4 is 10.6 Å². The van der Waals surface area contributed by atoms with Crippen LogP contribution in [0, 0.1) is 0 Å². The topological polar surface area (TPSA) is 50.4 Å². The molecule has 1 heterocycles. The molecule has 1 fully saturated rings. The SMILES string of the molecule is CCNc1ccc(Cl)cc1C(=O)NC(C)C1CCCO1. The Morgan fingerprint density at radius 1 is 1.55 bits per heavy atom. The Kier molecular flexibility index (Phi) is 5.26. The second-order valence-electron chi connectivity index (χ2n) is 5.03. The molecule has 2 atom stereocenters. The van der Waals surface area contributed by atoms with Gasteiger partial charge in [0.2, 0.25) is 0 Å². The molecule has 1 aliphatic heterocycles. The van der Waals surface area contributed by atoms with Crippen molar-refractivity contribution in [3.63, 3.8) is 0 Å². The van der Waals surface area contributed by atoms with E-state index in [0.717, 1.165) is 31.7 Å². The van der Waals surface area contributed by atoms with Crippen LogP contribution in [-0.2, 0) is 4.74 Å². The zero-order chi connectivity index (χ0) is 14.5. The maximum Gasteiger partial charge on any atom is 0.253 e. The fourth-order valence-corrected chi connectivity index (χ4v) is 2.60. The van der Waals surface area contributed by atoms with Crippen LogP contribution in [-0.4, -0.2) is 31.2 Å². The van der Waals surface area contributed by atoms with Gasteiger partial charge in [0.15, 0.2) is 0 Å². The highest BCUT2D eigenvalue weighted by Gasteiger charge is 2.24. The predicted octanol–water partition coefficient (Wildman–Crippen LogP) is 3.07. The zero-order valence-electron chi connectivity index (χ0n) is 11.9. The molecule has 0 spiro atoms. The molecule has 110 valence electrons. The van der Waals surface area contributed by atoms with Crippen LogP contribution in [0.4, 0.5) is 5.69 Å². The number of halogens is 1. The Bertz CT molecular complexity index is 473. The third-order valence-electron chi connectivity index (χ3n) is 3.47. The Balaban J connectivity index is 2.09. The van der Waals surface area contributed by atoms with Crippen molar-refractivity contribution in [2.75, 3.05) is 18.5 Å². The molecule has 1 amide bonds. The highest BCUT2D eigenvalue weighted by Crippen LogP contribution is 2.22. The van der Waals surface area contributed by atoms with Crippen molar-refractivity contribution in [2.45, 2.75) is 38.8 Å². The predicted molar refractivity (Wildman–Crippen MR) is 81.5 cm³/mol. The monoisotopic (exact) mass is 296 g/mol. The first-order valence-corrected chi connectivity index (χ1v) is 7.45. The highest BCUT2D eigenvalue weighted by molar-refractivity contribution is 6.31. The van der Waals surface area contributed by atoms with Gasteiger partial charge in [0.1, 0.15) is 0 Å². The van der Waals surface area contributed by atoms with E-state index in [1.165, 1.54) is 0 Å². The van der Waals surface area contributed by atoms with E-state index >= 15 is 0 Å². The van der Waals surface area contributed by atoms with Crippen molar-refractivity contribution < 1.29 is 9.53 Å². The van der Waals surface area contributed by atoms with E-state index in [1.807, 2.05) is 19.9 Å². The molecule has 1 aromatic carbocycles. The quantitative estimate of drug-likeness (QED) is 0.878. The molecule has 4 nitrogen and oxygen atoms in total. The van der Waals surface area contributed by atoms with Gasteiger partial charge in [0.25, 0.3) is 5.91 Å². The number of nitrogens with one attached hydrogen (secondary N) is 2. The van der Waals surface area contributed by atoms with Gasteiger partial charge in [0.05, 0.1) is 17.7 Å². The summed E-state index contributed by atoms with van der Waals surface area (Å²) >= 11 is 5.99. The van der Waals surface area contributed by atoms with E-state index in [4.69, 9.17) is 16.3 Å². The van der Waals surface area contributed by atoms with Gasteiger partial charge in [-0.2, -0.15) is 0 Å². The van der Waals surface area contributed by atoms with E-state index in [2.05, 4.69) is 10.6 Å². The molecule has 2 rings (SSSR count). The average Bonchev–Trinajstić information content (AvgIpc) is 2.95. The molecule has 0 bridgehead atoms. The number of hydrogen-bond acceptors (Lipinski definition) is 3. The van der Waals surface area contributed by atoms with Crippen molar-refractivity contribution >= 4 is 23.2 Å². The van der Waals surface area contributed by atoms with Crippen molar-refractivity contribution in [3.8, 4) is 0 Å². The van der Waals surface area contributed by atoms with E-state index < -0.39 is 0 Å². The molecular weight excluding hydrogens is 276 g/mol. The maximum atomic E-state index is 12.4. The Labute approximate surface area is 124 Å². The minimum absolute atomic E-state index is 0.00143. The standard InChI is InChI=1S/C15H21ClN2O2/c1-3-17-13-7-6-11(16)9-12(13)15(19)18-10(2)14-5-4-8-20-14/h6-7,9-10,14,17H,3-5,8H2,1-2H3,(H,18,19). The number of anilines is 1. The second kappa shape index (κ2) is 6.95. The summed E-state index contributed by atoms with van der Waals surface area (Å²) in [6.07, 6.45) is 2.17. The third kappa shape index (κ3) is 3.64. The Morgan fingerprint density at radius 3 is 3.00 bits per heavy atom. The molecule has 1 aliphatic rings. The lowest BCUT2D eigenvalue weighted by Gasteiger charge is -2.21. The summed E-state index contributed by atoms with van der Waals surface area (Å²) in [5.41, 5.74) is 1.37. The first kappa shape index (κ1) is 15.1. The number of rotatable bonds is 5. The fourth-order valence-electron chi connectivity index (χ4n) is 2.42. The van der Waals surface area contributed by atoms with Gasteiger partial charge in [-0.25, -0.2) is 0 Å². The molecule has 0 aliphatic carbocycles. The summed E-state index contributed by atoms with van der Waals surface area (Å²) in [5, 5.41) is 6.73. The molecule has 20 heavy (non-hydrogen) atoms. The third-order valence-corrected chi connectivity index (χ3v) is 3.71. The first-order chi connectivity index (χ1) is 9.61. The van der Waals surface area contributed by atoms with Crippen LogP contribution in [0.25, 0.3) is 0 Å². The van der Waals surface area contributed by atoms with E-state index in [0.29, 0.717) is 10.6 Å². The number of amides is 1. The fraction of sp³-hybridized carbons (Fsp3) is 0.533. The van der Waals surface area contributed by atoms with E-state index in [-0.39, 0.29) is 18.1 Å². The van der Waals surface area contributed by atoms with Gasteiger partial charge in [-0.05, 0) is 44.9 Å². The number of benzene rings is 1. The molecule has 1 aromatic rings. The molecular formula is C15H21ClN2O2. The van der Waals surface area contributed by atoms with Crippen molar-refractivity contribution in [1.29, 1.82) is 0 Å². The largest absolute Gasteiger partial charge is 0.385 e. The van der Waals surface area contributed by atoms with Gasteiger partial charge in [0, 0.05) is 23.9 Å². The highest BCUT2D eigenvalue weighted by atomic mass is 35.5. The van der Waals surface area contributed by atoms with Crippen LogP contribution in [0.1, 0.15) is 37.0 Å². The Morgan fingerprint density at radius 2 is 2.35 bits per heavy atom. The second-order valence-corrected chi connectivity index (χ2v) is 5.47. The van der Waals surface area contributed by atoms with Gasteiger partial charge < -0.3 is 15.4 Å². The molecule has 0 radical (unpaired) electrons. The van der Waals surface area contributed by atoms with Gasteiger partial charge in [-0.1, -0.05) is 11.6 Å². The van der Waals surface area contributed by atoms with Crippen LogP contribution >= 0.6 is 11.6 Å². The molecule has 0 saturated carbocycles. The van der Waals surface area contributed by atoms with Crippen LogP contribution in [0.15, 0.2) is 18.2 Å².